The molecule has 1 unspecified atom stereocenters. The second-order valence-corrected chi connectivity index (χ2v) is 6.26. The molecule has 1 atom stereocenters. The molecule has 0 saturated carbocycles. The van der Waals surface area contributed by atoms with Crippen LogP contribution in [0.5, 0.6) is 0 Å². The molecule has 0 bridgehead atoms. The van der Waals surface area contributed by atoms with E-state index in [9.17, 15) is 4.39 Å². The molecule has 2 aromatic rings. The predicted molar refractivity (Wildman–Crippen MR) is 83.6 cm³/mol. The lowest BCUT2D eigenvalue weighted by molar-refractivity contribution is 0.624. The molecule has 0 aliphatic rings. The first-order valence-electron chi connectivity index (χ1n) is 5.93. The standard InChI is InChI=1S/C15H14Br2FN/c1-9-6-11(3-5-13(9)16)15(19)7-10-2-4-12(18)8-14(10)17/h2-6,8,15H,7,19H2,1H3. The van der Waals surface area contributed by atoms with Gasteiger partial charge in [-0.3, -0.25) is 0 Å². The Hall–Kier alpha value is -0.710. The van der Waals surface area contributed by atoms with Gasteiger partial charge < -0.3 is 5.73 Å². The summed E-state index contributed by atoms with van der Waals surface area (Å²) >= 11 is 6.85. The number of hydrogen-bond acceptors (Lipinski definition) is 1. The number of rotatable bonds is 3. The minimum absolute atomic E-state index is 0.103. The Morgan fingerprint density at radius 3 is 2.47 bits per heavy atom. The molecule has 0 aliphatic heterocycles. The van der Waals surface area contributed by atoms with E-state index in [1.165, 1.54) is 12.1 Å². The highest BCUT2D eigenvalue weighted by molar-refractivity contribution is 9.10. The normalized spacial score (nSPS) is 12.5. The number of aryl methyl sites for hydroxylation is 1. The molecule has 100 valence electrons. The zero-order valence-corrected chi connectivity index (χ0v) is 13.6. The van der Waals surface area contributed by atoms with E-state index in [4.69, 9.17) is 5.73 Å². The molecule has 4 heteroatoms. The first-order chi connectivity index (χ1) is 8.97. The van der Waals surface area contributed by atoms with E-state index in [1.807, 2.05) is 19.1 Å². The van der Waals surface area contributed by atoms with Gasteiger partial charge in [0.1, 0.15) is 5.82 Å². The molecule has 0 spiro atoms. The summed E-state index contributed by atoms with van der Waals surface area (Å²) in [4.78, 5) is 0. The summed E-state index contributed by atoms with van der Waals surface area (Å²) in [6, 6.07) is 10.7. The van der Waals surface area contributed by atoms with Crippen LogP contribution in [0.2, 0.25) is 0 Å². The van der Waals surface area contributed by atoms with Crippen molar-refractivity contribution in [1.29, 1.82) is 0 Å². The summed E-state index contributed by atoms with van der Waals surface area (Å²) in [5.41, 5.74) is 9.47. The van der Waals surface area contributed by atoms with Crippen molar-refractivity contribution in [3.8, 4) is 0 Å². The number of nitrogens with two attached hydrogens (primary N) is 1. The van der Waals surface area contributed by atoms with Crippen LogP contribution >= 0.6 is 31.9 Å². The molecule has 0 aromatic heterocycles. The van der Waals surface area contributed by atoms with E-state index < -0.39 is 0 Å². The molecule has 2 N–H and O–H groups in total. The van der Waals surface area contributed by atoms with Crippen molar-refractivity contribution < 1.29 is 4.39 Å². The zero-order valence-electron chi connectivity index (χ0n) is 10.5. The summed E-state index contributed by atoms with van der Waals surface area (Å²) in [5.74, 6) is -0.247. The van der Waals surface area contributed by atoms with E-state index in [0.29, 0.717) is 6.42 Å². The van der Waals surface area contributed by atoms with Gasteiger partial charge in [0, 0.05) is 15.0 Å². The zero-order chi connectivity index (χ0) is 14.0. The highest BCUT2D eigenvalue weighted by atomic mass is 79.9. The summed E-state index contributed by atoms with van der Waals surface area (Å²) in [6.07, 6.45) is 0.669. The lowest BCUT2D eigenvalue weighted by atomic mass is 9.98. The van der Waals surface area contributed by atoms with Gasteiger partial charge in [0.05, 0.1) is 0 Å². The monoisotopic (exact) mass is 385 g/mol. The summed E-state index contributed by atoms with van der Waals surface area (Å²) in [6.45, 7) is 2.04. The van der Waals surface area contributed by atoms with Crippen LogP contribution in [0.4, 0.5) is 4.39 Å². The third-order valence-corrected chi connectivity index (χ3v) is 4.69. The first kappa shape index (κ1) is 14.7. The highest BCUT2D eigenvalue weighted by Crippen LogP contribution is 2.25. The van der Waals surface area contributed by atoms with E-state index in [-0.39, 0.29) is 11.9 Å². The van der Waals surface area contributed by atoms with Gasteiger partial charge >= 0.3 is 0 Å². The maximum atomic E-state index is 13.0. The van der Waals surface area contributed by atoms with Crippen LogP contribution < -0.4 is 5.73 Å². The molecule has 2 rings (SSSR count). The van der Waals surface area contributed by atoms with Gasteiger partial charge in [0.2, 0.25) is 0 Å². The molecule has 0 heterocycles. The second-order valence-electron chi connectivity index (χ2n) is 4.55. The molecule has 0 amide bonds. The third-order valence-electron chi connectivity index (χ3n) is 3.07. The molecule has 0 fully saturated rings. The van der Waals surface area contributed by atoms with Crippen molar-refractivity contribution in [1.82, 2.24) is 0 Å². The smallest absolute Gasteiger partial charge is 0.124 e. The van der Waals surface area contributed by atoms with Gasteiger partial charge in [-0.15, -0.1) is 0 Å². The van der Waals surface area contributed by atoms with E-state index in [2.05, 4.69) is 37.9 Å². The van der Waals surface area contributed by atoms with Gasteiger partial charge in [-0.05, 0) is 48.2 Å². The number of hydrogen-bond donors (Lipinski definition) is 1. The average molecular weight is 387 g/mol. The van der Waals surface area contributed by atoms with Crippen LogP contribution in [0.3, 0.4) is 0 Å². The van der Waals surface area contributed by atoms with Crippen molar-refractivity contribution >= 4 is 31.9 Å². The Labute approximate surface area is 129 Å². The molecule has 0 aliphatic carbocycles. The van der Waals surface area contributed by atoms with Gasteiger partial charge in [-0.1, -0.05) is 50.1 Å². The van der Waals surface area contributed by atoms with Crippen LogP contribution in [0.25, 0.3) is 0 Å². The topological polar surface area (TPSA) is 26.0 Å². The Bertz CT molecular complexity index is 599. The molecule has 19 heavy (non-hydrogen) atoms. The molecule has 1 nitrogen and oxygen atoms in total. The Kier molecular flexibility index (Phi) is 4.76. The minimum Gasteiger partial charge on any atom is -0.324 e. The fourth-order valence-corrected chi connectivity index (χ4v) is 2.70. The van der Waals surface area contributed by atoms with Crippen molar-refractivity contribution in [3.63, 3.8) is 0 Å². The second kappa shape index (κ2) is 6.16. The Morgan fingerprint density at radius 1 is 1.11 bits per heavy atom. The molecule has 2 aromatic carbocycles. The van der Waals surface area contributed by atoms with Crippen molar-refractivity contribution in [3.05, 3.63) is 67.9 Å². The highest BCUT2D eigenvalue weighted by Gasteiger charge is 2.11. The van der Waals surface area contributed by atoms with Crippen molar-refractivity contribution in [2.75, 3.05) is 0 Å². The van der Waals surface area contributed by atoms with Gasteiger partial charge in [0.25, 0.3) is 0 Å². The predicted octanol–water partition coefficient (Wildman–Crippen LogP) is 4.90. The van der Waals surface area contributed by atoms with Crippen LogP contribution in [0.1, 0.15) is 22.7 Å². The van der Waals surface area contributed by atoms with Crippen LogP contribution in [-0.4, -0.2) is 0 Å². The molecular weight excluding hydrogens is 373 g/mol. The van der Waals surface area contributed by atoms with E-state index in [1.54, 1.807) is 6.07 Å². The fourth-order valence-electron chi connectivity index (χ4n) is 1.94. The van der Waals surface area contributed by atoms with Crippen molar-refractivity contribution in [2.45, 2.75) is 19.4 Å². The fraction of sp³-hybridized carbons (Fsp3) is 0.200. The van der Waals surface area contributed by atoms with Gasteiger partial charge in [0.15, 0.2) is 0 Å². The number of halogens is 3. The van der Waals surface area contributed by atoms with E-state index in [0.717, 1.165) is 25.6 Å². The number of benzene rings is 2. The summed E-state index contributed by atoms with van der Waals surface area (Å²) < 4.78 is 14.9. The quantitative estimate of drug-likeness (QED) is 0.797. The molecular formula is C15H14Br2FN. The molecule has 0 saturated heterocycles. The Morgan fingerprint density at radius 2 is 1.84 bits per heavy atom. The largest absolute Gasteiger partial charge is 0.324 e. The maximum absolute atomic E-state index is 13.0. The summed E-state index contributed by atoms with van der Waals surface area (Å²) in [7, 11) is 0. The van der Waals surface area contributed by atoms with Gasteiger partial charge in [-0.25, -0.2) is 4.39 Å². The Balaban J connectivity index is 2.20. The minimum atomic E-state index is -0.247. The first-order valence-corrected chi connectivity index (χ1v) is 7.51. The van der Waals surface area contributed by atoms with Gasteiger partial charge in [-0.2, -0.15) is 0 Å². The SMILES string of the molecule is Cc1cc(C(N)Cc2ccc(F)cc2Br)ccc1Br. The maximum Gasteiger partial charge on any atom is 0.124 e. The lowest BCUT2D eigenvalue weighted by Gasteiger charge is -2.14. The summed E-state index contributed by atoms with van der Waals surface area (Å²) in [5, 5.41) is 0. The van der Waals surface area contributed by atoms with E-state index >= 15 is 0 Å². The van der Waals surface area contributed by atoms with Crippen LogP contribution in [0.15, 0.2) is 45.3 Å². The van der Waals surface area contributed by atoms with Crippen LogP contribution in [-0.2, 0) is 6.42 Å². The van der Waals surface area contributed by atoms with Crippen LogP contribution in [0, 0.1) is 12.7 Å². The van der Waals surface area contributed by atoms with Crippen molar-refractivity contribution in [2.24, 2.45) is 5.73 Å². The molecule has 0 radical (unpaired) electrons. The lowest BCUT2D eigenvalue weighted by Crippen LogP contribution is -2.14. The average Bonchev–Trinajstić information content (AvgIpc) is 2.36. The third kappa shape index (κ3) is 3.65.